The summed E-state index contributed by atoms with van der Waals surface area (Å²) in [6, 6.07) is 7.10. The Labute approximate surface area is 192 Å². The third-order valence-corrected chi connectivity index (χ3v) is 5.47. The molecule has 2 aliphatic heterocycles. The number of carbonyl (C=O) groups is 2. The lowest BCUT2D eigenvalue weighted by atomic mass is 10.1. The molecule has 3 heterocycles. The number of nitrogens with one attached hydrogen (secondary N) is 1. The van der Waals surface area contributed by atoms with Crippen molar-refractivity contribution in [3.8, 4) is 0 Å². The fraction of sp³-hybridized carbons (Fsp3) is 0.429. The summed E-state index contributed by atoms with van der Waals surface area (Å²) in [5.41, 5.74) is 12.9. The van der Waals surface area contributed by atoms with Gasteiger partial charge in [0.2, 0.25) is 0 Å². The predicted molar refractivity (Wildman–Crippen MR) is 124 cm³/mol. The number of benzene rings is 1. The molecule has 0 spiro atoms. The molecule has 2 fully saturated rings. The Morgan fingerprint density at radius 3 is 2.50 bits per heavy atom. The van der Waals surface area contributed by atoms with E-state index in [1.807, 2.05) is 0 Å². The number of morpholine rings is 1. The van der Waals surface area contributed by atoms with Crippen LogP contribution >= 0.6 is 12.4 Å². The van der Waals surface area contributed by atoms with Crippen LogP contribution in [0.15, 0.2) is 30.5 Å². The third kappa shape index (κ3) is 5.45. The van der Waals surface area contributed by atoms with Crippen molar-refractivity contribution in [3.63, 3.8) is 0 Å². The number of nitrogens with zero attached hydrogens (tertiary/aromatic N) is 4. The van der Waals surface area contributed by atoms with Crippen molar-refractivity contribution in [2.45, 2.75) is 18.9 Å². The maximum absolute atomic E-state index is 12.6. The van der Waals surface area contributed by atoms with Gasteiger partial charge >= 0.3 is 0 Å². The SMILES string of the molecule is Cl.NC(=O)c1ncc(N2CCC[C@@H](N)C2)nc1Nc1ccc(C(=O)N2CCOCC2)cc1. The van der Waals surface area contributed by atoms with Gasteiger partial charge < -0.3 is 31.3 Å². The highest BCUT2D eigenvalue weighted by Gasteiger charge is 2.22. The molecule has 11 heteroatoms. The zero-order valence-corrected chi connectivity index (χ0v) is 18.5. The number of nitrogens with two attached hydrogens (primary N) is 2. The molecular weight excluding hydrogens is 434 g/mol. The van der Waals surface area contributed by atoms with Gasteiger partial charge in [0.25, 0.3) is 11.8 Å². The van der Waals surface area contributed by atoms with Crippen LogP contribution in [-0.2, 0) is 4.74 Å². The van der Waals surface area contributed by atoms with E-state index in [4.69, 9.17) is 16.2 Å². The number of anilines is 3. The van der Waals surface area contributed by atoms with Crippen LogP contribution in [0, 0.1) is 0 Å². The Kier molecular flexibility index (Phi) is 7.84. The first-order chi connectivity index (χ1) is 15.0. The summed E-state index contributed by atoms with van der Waals surface area (Å²) in [6.45, 7) is 3.79. The Morgan fingerprint density at radius 1 is 1.12 bits per heavy atom. The molecule has 2 aromatic rings. The van der Waals surface area contributed by atoms with Gasteiger partial charge in [0.05, 0.1) is 19.4 Å². The van der Waals surface area contributed by atoms with Crippen LogP contribution in [-0.4, -0.2) is 72.1 Å². The van der Waals surface area contributed by atoms with E-state index in [1.165, 1.54) is 0 Å². The van der Waals surface area contributed by atoms with E-state index in [9.17, 15) is 9.59 Å². The molecule has 10 nitrogen and oxygen atoms in total. The van der Waals surface area contributed by atoms with E-state index in [0.29, 0.717) is 49.9 Å². The van der Waals surface area contributed by atoms with Crippen LogP contribution < -0.4 is 21.7 Å². The molecule has 1 atom stereocenters. The molecule has 172 valence electrons. The van der Waals surface area contributed by atoms with Crippen molar-refractivity contribution in [3.05, 3.63) is 41.7 Å². The fourth-order valence-electron chi connectivity index (χ4n) is 3.80. The summed E-state index contributed by atoms with van der Waals surface area (Å²) in [4.78, 5) is 37.1. The summed E-state index contributed by atoms with van der Waals surface area (Å²) in [7, 11) is 0. The Hall–Kier alpha value is -2.95. The molecule has 1 aromatic carbocycles. The van der Waals surface area contributed by atoms with Crippen molar-refractivity contribution >= 4 is 41.5 Å². The maximum Gasteiger partial charge on any atom is 0.271 e. The molecule has 2 aliphatic rings. The van der Waals surface area contributed by atoms with Gasteiger partial charge in [0, 0.05) is 43.5 Å². The first-order valence-corrected chi connectivity index (χ1v) is 10.4. The summed E-state index contributed by atoms with van der Waals surface area (Å²) in [5.74, 6) is 0.213. The van der Waals surface area contributed by atoms with Crippen molar-refractivity contribution in [1.29, 1.82) is 0 Å². The van der Waals surface area contributed by atoms with Gasteiger partial charge in [-0.05, 0) is 37.1 Å². The molecule has 4 rings (SSSR count). The quantitative estimate of drug-likeness (QED) is 0.602. The largest absolute Gasteiger partial charge is 0.378 e. The van der Waals surface area contributed by atoms with E-state index in [1.54, 1.807) is 35.4 Å². The minimum absolute atomic E-state index is 0. The second kappa shape index (κ2) is 10.6. The van der Waals surface area contributed by atoms with Gasteiger partial charge in [0.1, 0.15) is 5.82 Å². The van der Waals surface area contributed by atoms with Gasteiger partial charge in [-0.2, -0.15) is 0 Å². The van der Waals surface area contributed by atoms with Crippen LogP contribution in [0.5, 0.6) is 0 Å². The number of rotatable bonds is 5. The normalized spacial score (nSPS) is 18.6. The lowest BCUT2D eigenvalue weighted by Crippen LogP contribution is -2.43. The van der Waals surface area contributed by atoms with Crippen LogP contribution in [0.25, 0.3) is 0 Å². The third-order valence-electron chi connectivity index (χ3n) is 5.47. The minimum Gasteiger partial charge on any atom is -0.378 e. The van der Waals surface area contributed by atoms with Crippen molar-refractivity contribution in [2.75, 3.05) is 49.6 Å². The average molecular weight is 462 g/mol. The second-order valence-corrected chi connectivity index (χ2v) is 7.74. The Bertz CT molecular complexity index is 951. The van der Waals surface area contributed by atoms with E-state index >= 15 is 0 Å². The summed E-state index contributed by atoms with van der Waals surface area (Å²) in [5, 5.41) is 3.11. The smallest absolute Gasteiger partial charge is 0.271 e. The average Bonchev–Trinajstić information content (AvgIpc) is 2.79. The van der Waals surface area contributed by atoms with Gasteiger partial charge in [-0.3, -0.25) is 9.59 Å². The standard InChI is InChI=1S/C21H27N7O3.ClH/c22-15-2-1-7-28(13-15)17-12-24-18(19(23)29)20(26-17)25-16-5-3-14(4-6-16)21(30)27-8-10-31-11-9-27;/h3-6,12,15H,1-2,7-11,13,22H2,(H2,23,29)(H,25,26);1H/t15-;/m1./s1. The molecule has 0 aliphatic carbocycles. The minimum atomic E-state index is -0.670. The molecule has 32 heavy (non-hydrogen) atoms. The lowest BCUT2D eigenvalue weighted by Gasteiger charge is -2.31. The van der Waals surface area contributed by atoms with E-state index < -0.39 is 5.91 Å². The van der Waals surface area contributed by atoms with Gasteiger partial charge in [0.15, 0.2) is 11.5 Å². The van der Waals surface area contributed by atoms with Crippen molar-refractivity contribution in [1.82, 2.24) is 14.9 Å². The molecule has 5 N–H and O–H groups in total. The Morgan fingerprint density at radius 2 is 1.84 bits per heavy atom. The van der Waals surface area contributed by atoms with Crippen LogP contribution in [0.2, 0.25) is 0 Å². The molecule has 2 amide bonds. The molecule has 0 unspecified atom stereocenters. The Balaban J connectivity index is 0.00000289. The number of ether oxygens (including phenoxy) is 1. The summed E-state index contributed by atoms with van der Waals surface area (Å²) >= 11 is 0. The first kappa shape index (κ1) is 23.7. The predicted octanol–water partition coefficient (Wildman–Crippen LogP) is 1.14. The maximum atomic E-state index is 12.6. The molecule has 1 aromatic heterocycles. The van der Waals surface area contributed by atoms with E-state index in [2.05, 4.69) is 20.2 Å². The number of halogens is 1. The highest BCUT2D eigenvalue weighted by molar-refractivity contribution is 5.97. The van der Waals surface area contributed by atoms with Crippen molar-refractivity contribution in [2.24, 2.45) is 11.5 Å². The van der Waals surface area contributed by atoms with Crippen molar-refractivity contribution < 1.29 is 14.3 Å². The zero-order chi connectivity index (χ0) is 21.8. The number of hydrogen-bond donors (Lipinski definition) is 3. The number of primary amides is 1. The van der Waals surface area contributed by atoms with Crippen LogP contribution in [0.3, 0.4) is 0 Å². The highest BCUT2D eigenvalue weighted by Crippen LogP contribution is 2.23. The van der Waals surface area contributed by atoms with Gasteiger partial charge in [-0.1, -0.05) is 0 Å². The molecule has 2 saturated heterocycles. The van der Waals surface area contributed by atoms with E-state index in [0.717, 1.165) is 19.4 Å². The molecule has 0 radical (unpaired) electrons. The molecule has 0 saturated carbocycles. The zero-order valence-electron chi connectivity index (χ0n) is 17.7. The molecule has 0 bridgehead atoms. The topological polar surface area (TPSA) is 140 Å². The monoisotopic (exact) mass is 461 g/mol. The second-order valence-electron chi connectivity index (χ2n) is 7.74. The number of hydrogen-bond acceptors (Lipinski definition) is 8. The number of aromatic nitrogens is 2. The van der Waals surface area contributed by atoms with Gasteiger partial charge in [-0.15, -0.1) is 12.4 Å². The lowest BCUT2D eigenvalue weighted by molar-refractivity contribution is 0.0303. The number of amides is 2. The number of piperidine rings is 1. The summed E-state index contributed by atoms with van der Waals surface area (Å²) < 4.78 is 5.30. The molecular formula is C21H28ClN7O3. The summed E-state index contributed by atoms with van der Waals surface area (Å²) in [6.07, 6.45) is 3.50. The first-order valence-electron chi connectivity index (χ1n) is 10.4. The highest BCUT2D eigenvalue weighted by atomic mass is 35.5. The van der Waals surface area contributed by atoms with E-state index in [-0.39, 0.29) is 35.9 Å². The van der Waals surface area contributed by atoms with Crippen LogP contribution in [0.4, 0.5) is 17.3 Å². The van der Waals surface area contributed by atoms with Crippen LogP contribution in [0.1, 0.15) is 33.7 Å². The number of carbonyl (C=O) groups excluding carboxylic acids is 2. The fourth-order valence-corrected chi connectivity index (χ4v) is 3.80. The van der Waals surface area contributed by atoms with Gasteiger partial charge in [-0.25, -0.2) is 9.97 Å².